The number of rotatable bonds is 5. The number of amides is 1. The van der Waals surface area contributed by atoms with Crippen LogP contribution in [0.3, 0.4) is 0 Å². The van der Waals surface area contributed by atoms with Gasteiger partial charge in [0.2, 0.25) is 0 Å². The predicted octanol–water partition coefficient (Wildman–Crippen LogP) is 3.89. The Morgan fingerprint density at radius 2 is 2.21 bits per heavy atom. The van der Waals surface area contributed by atoms with Gasteiger partial charge < -0.3 is 19.4 Å². The number of hydrogen-bond acceptors (Lipinski definition) is 6. The first-order valence-electron chi connectivity index (χ1n) is 9.46. The van der Waals surface area contributed by atoms with Crippen molar-refractivity contribution >= 4 is 22.8 Å². The molecule has 28 heavy (non-hydrogen) atoms. The molecule has 1 aliphatic rings. The fourth-order valence-electron chi connectivity index (χ4n) is 3.27. The van der Waals surface area contributed by atoms with Crippen LogP contribution in [0.1, 0.15) is 40.0 Å². The molecule has 1 fully saturated rings. The van der Waals surface area contributed by atoms with E-state index in [0.717, 1.165) is 19.3 Å². The second-order valence-corrected chi connectivity index (χ2v) is 8.07. The Balaban J connectivity index is 1.51. The number of carbonyl (C=O) groups excluding carboxylic acids is 1. The molecule has 1 atom stereocenters. The number of imidazole rings is 1. The Morgan fingerprint density at radius 1 is 1.43 bits per heavy atom. The molecule has 9 nitrogen and oxygen atoms in total. The molecule has 0 saturated carbocycles. The fraction of sp³-hybridized carbons (Fsp3) is 0.579. The van der Waals surface area contributed by atoms with Gasteiger partial charge in [0.1, 0.15) is 5.60 Å². The third-order valence-electron chi connectivity index (χ3n) is 4.59. The minimum Gasteiger partial charge on any atom is -0.465 e. The van der Waals surface area contributed by atoms with Gasteiger partial charge in [0.05, 0.1) is 22.6 Å². The molecule has 0 unspecified atom stereocenters. The summed E-state index contributed by atoms with van der Waals surface area (Å²) in [5.74, 6) is 0.340. The number of carbonyl (C=O) groups is 1. The summed E-state index contributed by atoms with van der Waals surface area (Å²) in [6.07, 6.45) is 2.50. The van der Waals surface area contributed by atoms with E-state index in [4.69, 9.17) is 9.47 Å². The summed E-state index contributed by atoms with van der Waals surface area (Å²) < 4.78 is 11.2. The lowest BCUT2D eigenvalue weighted by atomic mass is 9.95. The van der Waals surface area contributed by atoms with Crippen LogP contribution < -0.4 is 4.74 Å². The van der Waals surface area contributed by atoms with Gasteiger partial charge in [-0.3, -0.25) is 10.1 Å². The average Bonchev–Trinajstić information content (AvgIpc) is 3.02. The van der Waals surface area contributed by atoms with Crippen molar-refractivity contribution in [2.24, 2.45) is 5.92 Å². The van der Waals surface area contributed by atoms with Gasteiger partial charge in [0.15, 0.2) is 0 Å². The summed E-state index contributed by atoms with van der Waals surface area (Å²) in [4.78, 5) is 31.7. The monoisotopic (exact) mass is 390 g/mol. The molecule has 1 aromatic carbocycles. The van der Waals surface area contributed by atoms with Gasteiger partial charge in [-0.25, -0.2) is 4.79 Å². The van der Waals surface area contributed by atoms with Crippen LogP contribution in [0.15, 0.2) is 18.2 Å². The van der Waals surface area contributed by atoms with Gasteiger partial charge in [-0.1, -0.05) is 0 Å². The highest BCUT2D eigenvalue weighted by Gasteiger charge is 2.27. The minimum atomic E-state index is -0.497. The first-order valence-corrected chi connectivity index (χ1v) is 9.46. The summed E-state index contributed by atoms with van der Waals surface area (Å²) in [6.45, 7) is 7.42. The third kappa shape index (κ3) is 5.11. The van der Waals surface area contributed by atoms with Crippen molar-refractivity contribution in [1.29, 1.82) is 0 Å². The molecule has 0 aliphatic carbocycles. The Hall–Kier alpha value is -2.84. The van der Waals surface area contributed by atoms with Gasteiger partial charge >= 0.3 is 6.09 Å². The topological polar surface area (TPSA) is 111 Å². The first-order chi connectivity index (χ1) is 13.2. The van der Waals surface area contributed by atoms with Crippen LogP contribution in [0.2, 0.25) is 0 Å². The molecule has 9 heteroatoms. The van der Waals surface area contributed by atoms with Crippen molar-refractivity contribution in [1.82, 2.24) is 14.9 Å². The van der Waals surface area contributed by atoms with Gasteiger partial charge in [0.25, 0.3) is 11.7 Å². The van der Waals surface area contributed by atoms with Crippen molar-refractivity contribution in [2.75, 3.05) is 19.7 Å². The maximum absolute atomic E-state index is 12.2. The van der Waals surface area contributed by atoms with E-state index < -0.39 is 10.5 Å². The van der Waals surface area contributed by atoms with E-state index in [-0.39, 0.29) is 11.8 Å². The molecular weight excluding hydrogens is 364 g/mol. The van der Waals surface area contributed by atoms with E-state index >= 15 is 0 Å². The molecule has 3 rings (SSSR count). The number of non-ortho nitro benzene ring substituents is 1. The highest BCUT2D eigenvalue weighted by Crippen LogP contribution is 2.24. The Kier molecular flexibility index (Phi) is 5.71. The molecule has 0 bridgehead atoms. The summed E-state index contributed by atoms with van der Waals surface area (Å²) in [5.41, 5.74) is 0.697. The summed E-state index contributed by atoms with van der Waals surface area (Å²) in [6, 6.07) is 4.79. The lowest BCUT2D eigenvalue weighted by Gasteiger charge is -2.34. The zero-order chi connectivity index (χ0) is 20.3. The number of nitro benzene ring substituents is 1. The number of likely N-dealkylation sites (tertiary alicyclic amines) is 1. The number of fused-ring (bicyclic) bond motifs is 1. The number of nitro groups is 1. The molecule has 1 amide bonds. The molecule has 1 saturated heterocycles. The molecular formula is C19H26N4O5. The average molecular weight is 390 g/mol. The van der Waals surface area contributed by atoms with Crippen molar-refractivity contribution in [3.05, 3.63) is 28.3 Å². The Bertz CT molecular complexity index is 858. The number of benzene rings is 1. The zero-order valence-electron chi connectivity index (χ0n) is 16.4. The maximum Gasteiger partial charge on any atom is 0.410 e. The van der Waals surface area contributed by atoms with Crippen LogP contribution in [0.5, 0.6) is 6.01 Å². The molecule has 2 aromatic rings. The largest absolute Gasteiger partial charge is 0.465 e. The number of aromatic amines is 1. The second-order valence-electron chi connectivity index (χ2n) is 8.07. The van der Waals surface area contributed by atoms with Gasteiger partial charge in [-0.15, -0.1) is 0 Å². The number of piperidine rings is 1. The molecule has 1 N–H and O–H groups in total. The van der Waals surface area contributed by atoms with Crippen molar-refractivity contribution < 1.29 is 19.2 Å². The van der Waals surface area contributed by atoms with Crippen molar-refractivity contribution in [3.8, 4) is 6.01 Å². The maximum atomic E-state index is 12.2. The number of H-pyrrole nitrogens is 1. The van der Waals surface area contributed by atoms with Gasteiger partial charge in [-0.2, -0.15) is 4.98 Å². The Morgan fingerprint density at radius 3 is 2.93 bits per heavy atom. The van der Waals surface area contributed by atoms with E-state index in [1.165, 1.54) is 12.1 Å². The van der Waals surface area contributed by atoms with E-state index in [2.05, 4.69) is 9.97 Å². The normalized spacial score (nSPS) is 17.5. The standard InChI is InChI=1S/C19H26N4O5/c1-19(2,3)28-18(24)22-9-4-5-13(12-22)8-10-27-17-20-15-7-6-14(23(25)26)11-16(15)21-17/h6-7,11,13H,4-5,8-10,12H2,1-3H3,(H,20,21)/t13-/m0/s1. The minimum absolute atomic E-state index is 0.00661. The molecule has 0 radical (unpaired) electrons. The smallest absolute Gasteiger partial charge is 0.410 e. The van der Waals surface area contributed by atoms with Crippen molar-refractivity contribution in [3.63, 3.8) is 0 Å². The van der Waals surface area contributed by atoms with Gasteiger partial charge in [0, 0.05) is 25.2 Å². The van der Waals surface area contributed by atoms with E-state index in [0.29, 0.717) is 42.7 Å². The lowest BCUT2D eigenvalue weighted by Crippen LogP contribution is -2.43. The quantitative estimate of drug-likeness (QED) is 0.612. The lowest BCUT2D eigenvalue weighted by molar-refractivity contribution is -0.384. The van der Waals surface area contributed by atoms with E-state index in [9.17, 15) is 14.9 Å². The first kappa shape index (κ1) is 19.9. The third-order valence-corrected chi connectivity index (χ3v) is 4.59. The van der Waals surface area contributed by atoms with E-state index in [1.54, 1.807) is 11.0 Å². The molecule has 1 aromatic heterocycles. The predicted molar refractivity (Wildman–Crippen MR) is 103 cm³/mol. The van der Waals surface area contributed by atoms with Crippen LogP contribution in [0.25, 0.3) is 11.0 Å². The molecule has 0 spiro atoms. The zero-order valence-corrected chi connectivity index (χ0v) is 16.4. The van der Waals surface area contributed by atoms with Crippen molar-refractivity contribution in [2.45, 2.75) is 45.6 Å². The highest BCUT2D eigenvalue weighted by atomic mass is 16.6. The summed E-state index contributed by atoms with van der Waals surface area (Å²) in [7, 11) is 0. The number of nitrogens with one attached hydrogen (secondary N) is 1. The summed E-state index contributed by atoms with van der Waals surface area (Å²) in [5, 5.41) is 10.9. The number of aromatic nitrogens is 2. The van der Waals surface area contributed by atoms with Gasteiger partial charge in [-0.05, 0) is 52.0 Å². The fourth-order valence-corrected chi connectivity index (χ4v) is 3.27. The van der Waals surface area contributed by atoms with Crippen LogP contribution in [0.4, 0.5) is 10.5 Å². The Labute approximate surface area is 163 Å². The SMILES string of the molecule is CC(C)(C)OC(=O)N1CCC[C@@H](CCOc2nc3ccc([N+](=O)[O-])cc3[nH]2)C1. The number of ether oxygens (including phenoxy) is 2. The number of hydrogen-bond donors (Lipinski definition) is 1. The van der Waals surface area contributed by atoms with E-state index in [1.807, 2.05) is 20.8 Å². The second kappa shape index (κ2) is 8.04. The summed E-state index contributed by atoms with van der Waals surface area (Å²) >= 11 is 0. The van der Waals surface area contributed by atoms with Crippen LogP contribution in [-0.2, 0) is 4.74 Å². The molecule has 152 valence electrons. The number of nitrogens with zero attached hydrogens (tertiary/aromatic N) is 3. The van der Waals surface area contributed by atoms with Crippen LogP contribution in [-0.4, -0.2) is 51.2 Å². The van der Waals surface area contributed by atoms with Crippen LogP contribution in [0, 0.1) is 16.0 Å². The van der Waals surface area contributed by atoms with Crippen LogP contribution >= 0.6 is 0 Å². The highest BCUT2D eigenvalue weighted by molar-refractivity contribution is 5.78. The molecule has 1 aliphatic heterocycles. The molecule has 2 heterocycles.